The summed E-state index contributed by atoms with van der Waals surface area (Å²) in [6, 6.07) is 7.69. The van der Waals surface area contributed by atoms with Crippen molar-refractivity contribution in [1.29, 1.82) is 0 Å². The van der Waals surface area contributed by atoms with E-state index in [4.69, 9.17) is 0 Å². The van der Waals surface area contributed by atoms with E-state index in [1.807, 2.05) is 13.8 Å². The minimum Gasteiger partial charge on any atom is -0.459 e. The summed E-state index contributed by atoms with van der Waals surface area (Å²) in [5, 5.41) is 5.11. The minimum absolute atomic E-state index is 0.0804. The molecule has 21 heavy (non-hydrogen) atoms. The highest BCUT2D eigenvalue weighted by Crippen LogP contribution is 2.13. The second-order valence-electron chi connectivity index (χ2n) is 4.70. The molecule has 0 bridgehead atoms. The Balaban J connectivity index is 2.90. The Morgan fingerprint density at radius 1 is 1.10 bits per heavy atom. The fraction of sp³-hybridized carbons (Fsp3) is 0.400. The average Bonchev–Trinajstić information content (AvgIpc) is 2.44. The Bertz CT molecular complexity index is 500. The van der Waals surface area contributed by atoms with Crippen LogP contribution in [0.2, 0.25) is 0 Å². The first-order valence-electron chi connectivity index (χ1n) is 6.78. The molecule has 0 unspecified atom stereocenters. The highest BCUT2D eigenvalue weighted by atomic mass is 16.5. The zero-order chi connectivity index (χ0) is 15.8. The van der Waals surface area contributed by atoms with Crippen LogP contribution in [-0.4, -0.2) is 30.4 Å². The van der Waals surface area contributed by atoms with Crippen LogP contribution in [-0.2, 0) is 19.1 Å². The van der Waals surface area contributed by atoms with Crippen molar-refractivity contribution >= 4 is 17.8 Å². The largest absolute Gasteiger partial charge is 0.459 e. The Hall–Kier alpha value is -2.37. The van der Waals surface area contributed by atoms with Gasteiger partial charge in [0.05, 0.1) is 6.61 Å². The molecule has 1 rings (SSSR count). The Labute approximate surface area is 123 Å². The fourth-order valence-electron chi connectivity index (χ4n) is 1.70. The van der Waals surface area contributed by atoms with Crippen molar-refractivity contribution < 1.29 is 19.1 Å². The van der Waals surface area contributed by atoms with E-state index in [1.54, 1.807) is 37.3 Å². The second-order valence-corrected chi connectivity index (χ2v) is 4.70. The Kier molecular flexibility index (Phi) is 6.39. The fourth-order valence-corrected chi connectivity index (χ4v) is 1.70. The lowest BCUT2D eigenvalue weighted by Crippen LogP contribution is -2.45. The number of hydrogen-bond donors (Lipinski definition) is 2. The number of nitrogens with one attached hydrogen (secondary N) is 2. The van der Waals surface area contributed by atoms with Crippen molar-refractivity contribution in [1.82, 2.24) is 10.6 Å². The lowest BCUT2D eigenvalue weighted by molar-refractivity contribution is -0.155. The number of amides is 2. The molecular formula is C15H20N2O4. The van der Waals surface area contributed by atoms with Crippen molar-refractivity contribution in [2.45, 2.75) is 32.9 Å². The molecule has 114 valence electrons. The molecule has 0 aliphatic heterocycles. The van der Waals surface area contributed by atoms with Gasteiger partial charge in [-0.1, -0.05) is 30.3 Å². The van der Waals surface area contributed by atoms with Gasteiger partial charge in [-0.3, -0.25) is 9.59 Å². The highest BCUT2D eigenvalue weighted by molar-refractivity contribution is 6.32. The van der Waals surface area contributed by atoms with Crippen LogP contribution in [0.15, 0.2) is 30.3 Å². The molecule has 6 heteroatoms. The third kappa shape index (κ3) is 5.25. The van der Waals surface area contributed by atoms with Crippen molar-refractivity contribution in [2.75, 3.05) is 6.61 Å². The van der Waals surface area contributed by atoms with E-state index >= 15 is 0 Å². The van der Waals surface area contributed by atoms with Gasteiger partial charge in [-0.05, 0) is 26.3 Å². The standard InChI is InChI=1S/C15H20N2O4/c1-4-21-15(20)14(19)17-12(13(18)16-10(2)3)11-8-6-5-7-9-11/h5-10,12H,4H2,1-3H3,(H,16,18)(H,17,19)/t12-/m0/s1. The molecule has 1 atom stereocenters. The normalized spacial score (nSPS) is 11.6. The Morgan fingerprint density at radius 2 is 1.71 bits per heavy atom. The first-order valence-corrected chi connectivity index (χ1v) is 6.78. The SMILES string of the molecule is CCOC(=O)C(=O)N[C@H](C(=O)NC(C)C)c1ccccc1. The molecule has 1 aromatic carbocycles. The van der Waals surface area contributed by atoms with Gasteiger partial charge in [-0.25, -0.2) is 4.79 Å². The van der Waals surface area contributed by atoms with Crippen LogP contribution in [0, 0.1) is 0 Å². The molecule has 0 fully saturated rings. The van der Waals surface area contributed by atoms with Gasteiger partial charge >= 0.3 is 11.9 Å². The molecule has 6 nitrogen and oxygen atoms in total. The molecule has 2 N–H and O–H groups in total. The van der Waals surface area contributed by atoms with Gasteiger partial charge in [-0.2, -0.15) is 0 Å². The average molecular weight is 292 g/mol. The van der Waals surface area contributed by atoms with Crippen LogP contribution in [0.5, 0.6) is 0 Å². The molecule has 0 aromatic heterocycles. The van der Waals surface area contributed by atoms with Crippen molar-refractivity contribution in [3.8, 4) is 0 Å². The van der Waals surface area contributed by atoms with Gasteiger partial charge in [0.25, 0.3) is 0 Å². The summed E-state index contributed by atoms with van der Waals surface area (Å²) in [5.41, 5.74) is 0.591. The predicted molar refractivity (Wildman–Crippen MR) is 77.2 cm³/mol. The van der Waals surface area contributed by atoms with Gasteiger partial charge in [0, 0.05) is 6.04 Å². The van der Waals surface area contributed by atoms with E-state index < -0.39 is 17.9 Å². The van der Waals surface area contributed by atoms with Crippen LogP contribution in [0.1, 0.15) is 32.4 Å². The van der Waals surface area contributed by atoms with E-state index in [1.165, 1.54) is 0 Å². The maximum atomic E-state index is 12.2. The van der Waals surface area contributed by atoms with Gasteiger partial charge in [0.1, 0.15) is 6.04 Å². The zero-order valence-electron chi connectivity index (χ0n) is 12.4. The van der Waals surface area contributed by atoms with E-state index in [0.29, 0.717) is 5.56 Å². The molecular weight excluding hydrogens is 272 g/mol. The number of esters is 1. The van der Waals surface area contributed by atoms with Crippen LogP contribution in [0.4, 0.5) is 0 Å². The molecule has 0 saturated heterocycles. The number of rotatable bonds is 5. The molecule has 0 heterocycles. The van der Waals surface area contributed by atoms with Crippen molar-refractivity contribution in [2.24, 2.45) is 0 Å². The third-order valence-corrected chi connectivity index (χ3v) is 2.56. The highest BCUT2D eigenvalue weighted by Gasteiger charge is 2.26. The van der Waals surface area contributed by atoms with E-state index in [0.717, 1.165) is 0 Å². The van der Waals surface area contributed by atoms with E-state index in [-0.39, 0.29) is 18.6 Å². The maximum absolute atomic E-state index is 12.2. The summed E-state index contributed by atoms with van der Waals surface area (Å²) in [6.45, 7) is 5.33. The van der Waals surface area contributed by atoms with Gasteiger partial charge in [0.15, 0.2) is 0 Å². The van der Waals surface area contributed by atoms with Crippen molar-refractivity contribution in [3.05, 3.63) is 35.9 Å². The summed E-state index contributed by atoms with van der Waals surface area (Å²) in [4.78, 5) is 35.3. The molecule has 0 aliphatic rings. The summed E-state index contributed by atoms with van der Waals surface area (Å²) < 4.78 is 4.62. The van der Waals surface area contributed by atoms with Crippen LogP contribution in [0.3, 0.4) is 0 Å². The zero-order valence-corrected chi connectivity index (χ0v) is 12.4. The lowest BCUT2D eigenvalue weighted by Gasteiger charge is -2.19. The lowest BCUT2D eigenvalue weighted by atomic mass is 10.1. The minimum atomic E-state index is -1.00. The van der Waals surface area contributed by atoms with Gasteiger partial charge < -0.3 is 15.4 Å². The number of hydrogen-bond acceptors (Lipinski definition) is 4. The summed E-state index contributed by atoms with van der Waals surface area (Å²) >= 11 is 0. The number of carbonyl (C=O) groups excluding carboxylic acids is 3. The third-order valence-electron chi connectivity index (χ3n) is 2.56. The first-order chi connectivity index (χ1) is 9.95. The van der Waals surface area contributed by atoms with Crippen LogP contribution >= 0.6 is 0 Å². The van der Waals surface area contributed by atoms with E-state index in [9.17, 15) is 14.4 Å². The van der Waals surface area contributed by atoms with Gasteiger partial charge in [-0.15, -0.1) is 0 Å². The molecule has 0 spiro atoms. The number of carbonyl (C=O) groups is 3. The monoisotopic (exact) mass is 292 g/mol. The summed E-state index contributed by atoms with van der Waals surface area (Å²) in [7, 11) is 0. The second kappa shape index (κ2) is 8.04. The van der Waals surface area contributed by atoms with Crippen LogP contribution < -0.4 is 10.6 Å². The summed E-state index contributed by atoms with van der Waals surface area (Å²) in [5.74, 6) is -2.32. The molecule has 0 aliphatic carbocycles. The molecule has 0 saturated carbocycles. The quantitative estimate of drug-likeness (QED) is 0.624. The predicted octanol–water partition coefficient (Wildman–Crippen LogP) is 0.932. The molecule has 2 amide bonds. The topological polar surface area (TPSA) is 84.5 Å². The van der Waals surface area contributed by atoms with Crippen molar-refractivity contribution in [3.63, 3.8) is 0 Å². The summed E-state index contributed by atoms with van der Waals surface area (Å²) in [6.07, 6.45) is 0. The van der Waals surface area contributed by atoms with E-state index in [2.05, 4.69) is 15.4 Å². The first kappa shape index (κ1) is 16.7. The van der Waals surface area contributed by atoms with Crippen LogP contribution in [0.25, 0.3) is 0 Å². The van der Waals surface area contributed by atoms with Gasteiger partial charge in [0.2, 0.25) is 5.91 Å². The number of ether oxygens (including phenoxy) is 1. The molecule has 1 aromatic rings. The Morgan fingerprint density at radius 3 is 2.24 bits per heavy atom. The maximum Gasteiger partial charge on any atom is 0.396 e. The number of benzene rings is 1. The molecule has 0 radical (unpaired) electrons. The smallest absolute Gasteiger partial charge is 0.396 e.